The molecule has 7 nitrogen and oxygen atoms in total. The zero-order valence-electron chi connectivity index (χ0n) is 12.7. The molecule has 3 heterocycles. The number of carbonyl (C=O) groups excluding carboxylic acids is 2. The molecule has 122 valence electrons. The van der Waals surface area contributed by atoms with Crippen molar-refractivity contribution in [3.8, 4) is 0 Å². The molecule has 1 aliphatic rings. The number of anilines is 1. The zero-order valence-corrected chi connectivity index (χ0v) is 13.6. The van der Waals surface area contributed by atoms with E-state index in [1.165, 1.54) is 18.4 Å². The molecule has 0 aromatic carbocycles. The number of urea groups is 1. The molecule has 1 fully saturated rings. The van der Waals surface area contributed by atoms with Gasteiger partial charge in [-0.05, 0) is 30.7 Å². The minimum absolute atomic E-state index is 0.0704. The van der Waals surface area contributed by atoms with Crippen LogP contribution in [0.2, 0.25) is 0 Å². The minimum atomic E-state index is -0.448. The second-order valence-electron chi connectivity index (χ2n) is 5.26. The summed E-state index contributed by atoms with van der Waals surface area (Å²) in [6.07, 6.45) is 6.33. The summed E-state index contributed by atoms with van der Waals surface area (Å²) in [4.78, 5) is 33.9. The van der Waals surface area contributed by atoms with Crippen LogP contribution in [0.25, 0.3) is 0 Å². The Kier molecular flexibility index (Phi) is 4.61. The van der Waals surface area contributed by atoms with Crippen molar-refractivity contribution in [2.45, 2.75) is 25.3 Å². The molecule has 8 heteroatoms. The summed E-state index contributed by atoms with van der Waals surface area (Å²) < 4.78 is 4.73. The van der Waals surface area contributed by atoms with Crippen LogP contribution in [0.4, 0.5) is 10.5 Å². The van der Waals surface area contributed by atoms with Crippen LogP contribution in [0.5, 0.6) is 0 Å². The number of aromatic amines is 1. The van der Waals surface area contributed by atoms with Crippen LogP contribution in [-0.2, 0) is 4.74 Å². The number of thiophene rings is 1. The highest BCUT2D eigenvalue weighted by molar-refractivity contribution is 7.12. The predicted octanol–water partition coefficient (Wildman–Crippen LogP) is 3.02. The Morgan fingerprint density at radius 3 is 3.09 bits per heavy atom. The molecule has 1 saturated heterocycles. The van der Waals surface area contributed by atoms with Gasteiger partial charge < -0.3 is 19.9 Å². The second-order valence-corrected chi connectivity index (χ2v) is 6.18. The van der Waals surface area contributed by atoms with E-state index in [9.17, 15) is 9.59 Å². The molecule has 0 saturated carbocycles. The quantitative estimate of drug-likeness (QED) is 0.845. The third-order valence-corrected chi connectivity index (χ3v) is 4.77. The fourth-order valence-electron chi connectivity index (χ4n) is 2.76. The number of likely N-dealkylation sites (tertiary alicyclic amines) is 1. The molecule has 0 bridgehead atoms. The van der Waals surface area contributed by atoms with Crippen molar-refractivity contribution in [3.63, 3.8) is 0 Å². The van der Waals surface area contributed by atoms with E-state index in [4.69, 9.17) is 4.74 Å². The lowest BCUT2D eigenvalue weighted by atomic mass is 10.0. The summed E-state index contributed by atoms with van der Waals surface area (Å²) in [5, 5.41) is 4.57. The van der Waals surface area contributed by atoms with Gasteiger partial charge in [-0.2, -0.15) is 0 Å². The molecular formula is C15H18N4O3S. The number of H-pyrrole nitrogens is 1. The summed E-state index contributed by atoms with van der Waals surface area (Å²) >= 11 is 1.24. The third-order valence-electron chi connectivity index (χ3n) is 3.88. The van der Waals surface area contributed by atoms with Gasteiger partial charge in [0.2, 0.25) is 0 Å². The molecule has 2 N–H and O–H groups in total. The number of piperidine rings is 1. The molecule has 1 aliphatic heterocycles. The van der Waals surface area contributed by atoms with E-state index in [-0.39, 0.29) is 12.1 Å². The summed E-state index contributed by atoms with van der Waals surface area (Å²) in [6.45, 7) is 0.662. The lowest BCUT2D eigenvalue weighted by molar-refractivity contribution is 0.0607. The van der Waals surface area contributed by atoms with Crippen LogP contribution in [0, 0.1) is 0 Å². The molecule has 3 rings (SSSR count). The van der Waals surface area contributed by atoms with Crippen molar-refractivity contribution < 1.29 is 14.3 Å². The smallest absolute Gasteiger partial charge is 0.350 e. The highest BCUT2D eigenvalue weighted by Gasteiger charge is 2.30. The van der Waals surface area contributed by atoms with Crippen LogP contribution in [0.15, 0.2) is 23.8 Å². The van der Waals surface area contributed by atoms with E-state index < -0.39 is 5.97 Å². The fraction of sp³-hybridized carbons (Fsp3) is 0.400. The van der Waals surface area contributed by atoms with Gasteiger partial charge in [-0.3, -0.25) is 0 Å². The number of nitrogens with zero attached hydrogens (tertiary/aromatic N) is 2. The highest BCUT2D eigenvalue weighted by Crippen LogP contribution is 2.30. The number of carbonyl (C=O) groups is 2. The third kappa shape index (κ3) is 3.21. The van der Waals surface area contributed by atoms with Crippen molar-refractivity contribution in [2.24, 2.45) is 0 Å². The first-order chi connectivity index (χ1) is 11.2. The number of esters is 1. The number of hydrogen-bond acceptors (Lipinski definition) is 5. The van der Waals surface area contributed by atoms with Crippen LogP contribution in [0.3, 0.4) is 0 Å². The van der Waals surface area contributed by atoms with E-state index in [1.807, 2.05) is 0 Å². The maximum Gasteiger partial charge on any atom is 0.350 e. The number of ether oxygens (including phenoxy) is 1. The lowest BCUT2D eigenvalue weighted by Crippen LogP contribution is -2.41. The van der Waals surface area contributed by atoms with Crippen LogP contribution < -0.4 is 5.32 Å². The van der Waals surface area contributed by atoms with Crippen molar-refractivity contribution in [1.82, 2.24) is 14.9 Å². The largest absolute Gasteiger partial charge is 0.465 e. The van der Waals surface area contributed by atoms with Gasteiger partial charge >= 0.3 is 12.0 Å². The standard InChI is InChI=1S/C15H18N4O3S/c1-22-14(20)12-10(5-9-23-12)18-15(21)19-8-3-2-4-11(19)13-16-6-7-17-13/h5-7,9,11H,2-4,8H2,1H3,(H,16,17)(H,18,21)/t11-/m0/s1. The number of amides is 2. The van der Waals surface area contributed by atoms with Crippen molar-refractivity contribution in [3.05, 3.63) is 34.5 Å². The predicted molar refractivity (Wildman–Crippen MR) is 86.6 cm³/mol. The van der Waals surface area contributed by atoms with Gasteiger partial charge in [0.25, 0.3) is 0 Å². The van der Waals surface area contributed by atoms with Gasteiger partial charge in [0.15, 0.2) is 0 Å². The molecule has 2 aromatic heterocycles. The van der Waals surface area contributed by atoms with Crippen LogP contribution in [-0.4, -0.2) is 40.5 Å². The summed E-state index contributed by atoms with van der Waals surface area (Å²) in [5.74, 6) is 0.342. The van der Waals surface area contributed by atoms with Crippen molar-refractivity contribution in [2.75, 3.05) is 19.0 Å². The fourth-order valence-corrected chi connectivity index (χ4v) is 3.53. The molecule has 1 atom stereocenters. The number of rotatable bonds is 3. The molecule has 23 heavy (non-hydrogen) atoms. The Labute approximate surface area is 137 Å². The van der Waals surface area contributed by atoms with Crippen molar-refractivity contribution in [1.29, 1.82) is 0 Å². The van der Waals surface area contributed by atoms with Crippen LogP contribution in [0.1, 0.15) is 40.8 Å². The number of imidazole rings is 1. The number of aromatic nitrogens is 2. The minimum Gasteiger partial charge on any atom is -0.465 e. The molecule has 0 spiro atoms. The summed E-state index contributed by atoms with van der Waals surface area (Å²) in [6, 6.07) is 1.41. The normalized spacial score (nSPS) is 17.8. The molecule has 2 aromatic rings. The van der Waals surface area contributed by atoms with Gasteiger partial charge in [-0.15, -0.1) is 11.3 Å². The number of hydrogen-bond donors (Lipinski definition) is 2. The molecule has 2 amide bonds. The maximum atomic E-state index is 12.7. The summed E-state index contributed by atoms with van der Waals surface area (Å²) in [5.41, 5.74) is 0.482. The van der Waals surface area contributed by atoms with Gasteiger partial charge in [0, 0.05) is 18.9 Å². The monoisotopic (exact) mass is 334 g/mol. The average molecular weight is 334 g/mol. The molecule has 0 aliphatic carbocycles. The topological polar surface area (TPSA) is 87.3 Å². The Bertz CT molecular complexity index is 683. The summed E-state index contributed by atoms with van der Waals surface area (Å²) in [7, 11) is 1.32. The van der Waals surface area contributed by atoms with E-state index >= 15 is 0 Å². The SMILES string of the molecule is COC(=O)c1sccc1NC(=O)N1CCCC[C@H]1c1ncc[nH]1. The van der Waals surface area contributed by atoms with E-state index in [0.29, 0.717) is 17.1 Å². The van der Waals surface area contributed by atoms with Crippen LogP contribution >= 0.6 is 11.3 Å². The molecular weight excluding hydrogens is 316 g/mol. The maximum absolute atomic E-state index is 12.7. The number of methoxy groups -OCH3 is 1. The average Bonchev–Trinajstić information content (AvgIpc) is 3.25. The Morgan fingerprint density at radius 1 is 1.48 bits per heavy atom. The van der Waals surface area contributed by atoms with E-state index in [0.717, 1.165) is 25.1 Å². The highest BCUT2D eigenvalue weighted by atomic mass is 32.1. The first kappa shape index (κ1) is 15.5. The zero-order chi connectivity index (χ0) is 16.2. The Hall–Kier alpha value is -2.35. The Morgan fingerprint density at radius 2 is 2.35 bits per heavy atom. The van der Waals surface area contributed by atoms with Crippen molar-refractivity contribution >= 4 is 29.0 Å². The van der Waals surface area contributed by atoms with Gasteiger partial charge in [0.05, 0.1) is 18.8 Å². The first-order valence-corrected chi connectivity index (χ1v) is 8.31. The lowest BCUT2D eigenvalue weighted by Gasteiger charge is -2.34. The Balaban J connectivity index is 1.76. The van der Waals surface area contributed by atoms with Gasteiger partial charge in [-0.25, -0.2) is 14.6 Å². The first-order valence-electron chi connectivity index (χ1n) is 7.43. The number of nitrogens with one attached hydrogen (secondary N) is 2. The van der Waals surface area contributed by atoms with Gasteiger partial charge in [0.1, 0.15) is 10.7 Å². The van der Waals surface area contributed by atoms with E-state index in [1.54, 1.807) is 28.7 Å². The van der Waals surface area contributed by atoms with Gasteiger partial charge in [-0.1, -0.05) is 0 Å². The molecule has 0 unspecified atom stereocenters. The second kappa shape index (κ2) is 6.82. The molecule has 0 radical (unpaired) electrons. The van der Waals surface area contributed by atoms with E-state index in [2.05, 4.69) is 15.3 Å².